The van der Waals surface area contributed by atoms with Crippen LogP contribution in [-0.2, 0) is 20.9 Å². The zero-order valence-electron chi connectivity index (χ0n) is 27.6. The molecule has 3 N–H and O–H groups in total. The Morgan fingerprint density at radius 2 is 1.91 bits per heavy atom. The maximum absolute atomic E-state index is 14.2. The van der Waals surface area contributed by atoms with Gasteiger partial charge in [0.15, 0.2) is 11.5 Å². The van der Waals surface area contributed by atoms with Crippen molar-refractivity contribution in [1.29, 1.82) is 0 Å². The molecule has 6 atom stereocenters. The summed E-state index contributed by atoms with van der Waals surface area (Å²) in [6.07, 6.45) is 3.07. The van der Waals surface area contributed by atoms with Crippen LogP contribution in [0, 0.1) is 21.3 Å². The molecule has 0 bridgehead atoms. The maximum atomic E-state index is 14.2. The first-order valence-electron chi connectivity index (χ1n) is 16.3. The van der Waals surface area contributed by atoms with Crippen molar-refractivity contribution in [2.75, 3.05) is 26.9 Å². The highest BCUT2D eigenvalue weighted by Gasteiger charge is 2.41. The van der Waals surface area contributed by atoms with Gasteiger partial charge in [-0.2, -0.15) is 0 Å². The Balaban J connectivity index is 1.68. The Hall–Kier alpha value is -3.00. The van der Waals surface area contributed by atoms with Gasteiger partial charge in [-0.1, -0.05) is 57.5 Å². The summed E-state index contributed by atoms with van der Waals surface area (Å²) in [7, 11) is 1.45. The summed E-state index contributed by atoms with van der Waals surface area (Å²) in [6.45, 7) is 6.44. The van der Waals surface area contributed by atoms with Crippen LogP contribution in [-0.4, -0.2) is 84.4 Å². The molecule has 2 aromatic carbocycles. The van der Waals surface area contributed by atoms with Gasteiger partial charge in [-0.15, -0.1) is 0 Å². The fraction of sp³-hybridized carbons (Fsp3) is 0.528. The lowest BCUT2D eigenvalue weighted by atomic mass is 9.75. The molecule has 0 radical (unpaired) electrons. The first-order valence-corrected chi connectivity index (χ1v) is 17.4. The summed E-state index contributed by atoms with van der Waals surface area (Å²) in [5.74, 6) is 1.15. The molecule has 1 fully saturated rings. The molecule has 10 nitrogen and oxygen atoms in total. The number of amides is 2. The molecule has 0 aromatic heterocycles. The van der Waals surface area contributed by atoms with Gasteiger partial charge in [0.05, 0.1) is 29.4 Å². The van der Waals surface area contributed by atoms with E-state index in [0.717, 1.165) is 24.8 Å². The second-order valence-electron chi connectivity index (χ2n) is 12.9. The van der Waals surface area contributed by atoms with Crippen molar-refractivity contribution >= 4 is 40.7 Å². The number of methoxy groups -OCH3 is 1. The Morgan fingerprint density at radius 1 is 1.17 bits per heavy atom. The summed E-state index contributed by atoms with van der Waals surface area (Å²) < 4.78 is 18.8. The van der Waals surface area contributed by atoms with Gasteiger partial charge in [0.1, 0.15) is 25.1 Å². The molecule has 2 aliphatic carbocycles. The molecule has 4 rings (SSSR count). The topological polar surface area (TPSA) is 135 Å². The van der Waals surface area contributed by atoms with Gasteiger partial charge in [-0.25, -0.2) is 0 Å². The molecule has 0 spiro atoms. The third kappa shape index (κ3) is 9.55. The lowest BCUT2D eigenvalue weighted by Crippen LogP contribution is -2.55. The molecular formula is C36H47IN2O8. The predicted molar refractivity (Wildman–Crippen MR) is 186 cm³/mol. The number of benzene rings is 2. The molecule has 11 heteroatoms. The van der Waals surface area contributed by atoms with Gasteiger partial charge in [0, 0.05) is 30.6 Å². The highest BCUT2D eigenvalue weighted by molar-refractivity contribution is 14.1. The zero-order valence-corrected chi connectivity index (χ0v) is 29.7. The van der Waals surface area contributed by atoms with Crippen LogP contribution in [0.25, 0.3) is 0 Å². The minimum Gasteiger partial charge on any atom is -0.493 e. The highest BCUT2D eigenvalue weighted by Crippen LogP contribution is 2.38. The van der Waals surface area contributed by atoms with Crippen LogP contribution in [0.15, 0.2) is 54.1 Å². The van der Waals surface area contributed by atoms with Crippen molar-refractivity contribution in [3.8, 4) is 11.5 Å². The summed E-state index contributed by atoms with van der Waals surface area (Å²) in [5, 5.41) is 23.9. The van der Waals surface area contributed by atoms with E-state index in [4.69, 9.17) is 14.2 Å². The van der Waals surface area contributed by atoms with E-state index in [-0.39, 0.29) is 44.7 Å². The second-order valence-corrected chi connectivity index (χ2v) is 14.0. The van der Waals surface area contributed by atoms with Gasteiger partial charge >= 0.3 is 0 Å². The quantitative estimate of drug-likeness (QED) is 0.189. The first-order chi connectivity index (χ1) is 22.6. The zero-order chi connectivity index (χ0) is 34.1. The van der Waals surface area contributed by atoms with Crippen LogP contribution >= 0.6 is 22.6 Å². The standard InChI is InChI=1S/C36H47IN2O8/c1-22(2)27-11-10-23(3)14-30(27)46-21-33(42)39(19-24-8-6-5-7-9-24)29-17-26(36(44)38-12-13-40)18-31(34(29)43)47-35-28(37)15-25(20-41)16-32(35)45-4/h5-9,15-16,18,20,22-23,27,29-31,34,40,43H,10-14,17,19,21H2,1-4H3,(H,38,44). The van der Waals surface area contributed by atoms with Crippen LogP contribution < -0.4 is 14.8 Å². The van der Waals surface area contributed by atoms with Gasteiger partial charge < -0.3 is 34.6 Å². The van der Waals surface area contributed by atoms with Crippen LogP contribution in [0.1, 0.15) is 62.4 Å². The summed E-state index contributed by atoms with van der Waals surface area (Å²) in [5.41, 5.74) is 1.57. The van der Waals surface area contributed by atoms with E-state index in [1.807, 2.05) is 52.9 Å². The monoisotopic (exact) mass is 762 g/mol. The Labute approximate surface area is 291 Å². The molecule has 2 aliphatic rings. The van der Waals surface area contributed by atoms with Crippen molar-refractivity contribution in [3.05, 3.63) is 68.8 Å². The van der Waals surface area contributed by atoms with E-state index in [0.29, 0.717) is 50.2 Å². The number of nitrogens with one attached hydrogen (secondary N) is 1. The van der Waals surface area contributed by atoms with Crippen LogP contribution in [0.5, 0.6) is 11.5 Å². The molecule has 0 aliphatic heterocycles. The number of halogens is 1. The number of carbonyl (C=O) groups is 3. The summed E-state index contributed by atoms with van der Waals surface area (Å²) in [4.78, 5) is 40.5. The first kappa shape index (κ1) is 36.8. The summed E-state index contributed by atoms with van der Waals surface area (Å²) in [6, 6.07) is 11.8. The molecular weight excluding hydrogens is 715 g/mol. The molecule has 2 aromatic rings. The summed E-state index contributed by atoms with van der Waals surface area (Å²) >= 11 is 2.03. The molecule has 0 saturated heterocycles. The lowest BCUT2D eigenvalue weighted by molar-refractivity contribution is -0.149. The smallest absolute Gasteiger partial charge is 0.249 e. The highest BCUT2D eigenvalue weighted by atomic mass is 127. The molecule has 2 amide bonds. The van der Waals surface area contributed by atoms with Gasteiger partial charge in [-0.05, 0) is 77.0 Å². The number of nitrogens with zero attached hydrogens (tertiary/aromatic N) is 1. The van der Waals surface area contributed by atoms with E-state index in [1.54, 1.807) is 17.0 Å². The molecule has 1 saturated carbocycles. The van der Waals surface area contributed by atoms with E-state index in [9.17, 15) is 24.6 Å². The number of rotatable bonds is 14. The fourth-order valence-electron chi connectivity index (χ4n) is 6.58. The van der Waals surface area contributed by atoms with Crippen molar-refractivity contribution < 1.29 is 38.8 Å². The van der Waals surface area contributed by atoms with Gasteiger partial charge in [0.25, 0.3) is 0 Å². The van der Waals surface area contributed by atoms with Gasteiger partial charge in [0.2, 0.25) is 11.8 Å². The second kappa shape index (κ2) is 17.4. The number of hydrogen-bond donors (Lipinski definition) is 3. The fourth-order valence-corrected chi connectivity index (χ4v) is 7.33. The number of aliphatic hydroxyl groups excluding tert-OH is 2. The number of hydrogen-bond acceptors (Lipinski definition) is 8. The average molecular weight is 763 g/mol. The van der Waals surface area contributed by atoms with Crippen molar-refractivity contribution in [1.82, 2.24) is 10.2 Å². The molecule has 6 unspecified atom stereocenters. The number of carbonyl (C=O) groups excluding carboxylic acids is 3. The molecule has 0 heterocycles. The van der Waals surface area contributed by atoms with Crippen LogP contribution in [0.2, 0.25) is 0 Å². The Kier molecular flexibility index (Phi) is 13.6. The molecule has 47 heavy (non-hydrogen) atoms. The van der Waals surface area contributed by atoms with Crippen LogP contribution in [0.3, 0.4) is 0 Å². The van der Waals surface area contributed by atoms with E-state index < -0.39 is 24.2 Å². The lowest BCUT2D eigenvalue weighted by Gasteiger charge is -2.41. The largest absolute Gasteiger partial charge is 0.493 e. The molecule has 256 valence electrons. The van der Waals surface area contributed by atoms with Crippen LogP contribution in [0.4, 0.5) is 0 Å². The number of ether oxygens (including phenoxy) is 3. The third-order valence-electron chi connectivity index (χ3n) is 9.15. The third-order valence-corrected chi connectivity index (χ3v) is 9.96. The maximum Gasteiger partial charge on any atom is 0.249 e. The minimum absolute atomic E-state index is 0.0442. The Bertz CT molecular complexity index is 1400. The average Bonchev–Trinajstić information content (AvgIpc) is 3.06. The van der Waals surface area contributed by atoms with E-state index in [1.165, 1.54) is 13.2 Å². The van der Waals surface area contributed by atoms with E-state index >= 15 is 0 Å². The number of aldehydes is 1. The van der Waals surface area contributed by atoms with Crippen molar-refractivity contribution in [2.45, 2.75) is 77.4 Å². The predicted octanol–water partition coefficient (Wildman–Crippen LogP) is 4.53. The number of aliphatic hydroxyl groups is 2. The van der Waals surface area contributed by atoms with Crippen molar-refractivity contribution in [3.63, 3.8) is 0 Å². The SMILES string of the molecule is COc1cc(C=O)cc(I)c1OC1C=C(C(=O)NCCO)CC(N(Cc2ccccc2)C(=O)COC2CC(C)CCC2C(C)C)C1O. The van der Waals surface area contributed by atoms with Crippen molar-refractivity contribution in [2.24, 2.45) is 17.8 Å². The van der Waals surface area contributed by atoms with E-state index in [2.05, 4.69) is 26.1 Å². The Morgan fingerprint density at radius 3 is 2.57 bits per heavy atom. The minimum atomic E-state index is -1.23. The normalized spacial score (nSPS) is 24.3. The van der Waals surface area contributed by atoms with Gasteiger partial charge in [-0.3, -0.25) is 14.4 Å².